The Morgan fingerprint density at radius 1 is 0.640 bits per heavy atom. The Hall–Kier alpha value is 0.439. The van der Waals surface area contributed by atoms with Crippen molar-refractivity contribution in [1.29, 1.82) is 0 Å². The summed E-state index contributed by atoms with van der Waals surface area (Å²) in [5.41, 5.74) is 0. The molecule has 25 heavy (non-hydrogen) atoms. The Kier molecular flexibility index (Phi) is 16.9. The molecule has 2 aliphatic rings. The molecule has 2 atom stereocenters. The maximum Gasteiger partial charge on any atom is 2.00 e. The molecule has 0 spiro atoms. The second-order valence-electron chi connectivity index (χ2n) is 6.46. The fourth-order valence-corrected chi connectivity index (χ4v) is 2.73. The molecular formula is C22H34FeO2+2. The van der Waals surface area contributed by atoms with E-state index in [0.717, 1.165) is 37.5 Å². The molecule has 0 aromatic rings. The summed E-state index contributed by atoms with van der Waals surface area (Å²) in [7, 11) is 0. The first-order valence-corrected chi connectivity index (χ1v) is 9.48. The SMILES string of the molecule is CCCCC[C@H](O)[C]1[CH][CH][CH][CH]1.CCCCC[C@H](O)[C]1[CH][CH][CH][CH]1.[Fe+2]. The summed E-state index contributed by atoms with van der Waals surface area (Å²) in [6.07, 6.45) is 24.3. The molecule has 0 bridgehead atoms. The molecule has 2 rings (SSSR count). The summed E-state index contributed by atoms with van der Waals surface area (Å²) in [5, 5.41) is 19.3. The number of aliphatic hydroxyl groups is 2. The van der Waals surface area contributed by atoms with Gasteiger partial charge in [-0.05, 0) is 64.2 Å². The standard InChI is InChI=1S/2C11H17O.Fe/c2*1-2-3-4-9-11(12)10-7-5-6-8-10;/h2*5-8,11-12H,2-4,9H2,1H3;/q;;+2/t2*11-;/m00./s1. The third-order valence-electron chi connectivity index (χ3n) is 4.31. The van der Waals surface area contributed by atoms with Crippen LogP contribution in [0, 0.1) is 63.2 Å². The fourth-order valence-electron chi connectivity index (χ4n) is 2.73. The fraction of sp³-hybridized carbons (Fsp3) is 0.545. The number of rotatable bonds is 10. The van der Waals surface area contributed by atoms with Crippen LogP contribution in [0.5, 0.6) is 0 Å². The van der Waals surface area contributed by atoms with Crippen LogP contribution in [0.1, 0.15) is 65.2 Å². The van der Waals surface area contributed by atoms with Gasteiger partial charge in [-0.1, -0.05) is 52.4 Å². The Morgan fingerprint density at radius 2 is 0.960 bits per heavy atom. The number of unbranched alkanes of at least 4 members (excludes halogenated alkanes) is 4. The minimum absolute atomic E-state index is 0. The van der Waals surface area contributed by atoms with Gasteiger partial charge in [0.2, 0.25) is 0 Å². The topological polar surface area (TPSA) is 40.5 Å². The van der Waals surface area contributed by atoms with E-state index in [2.05, 4.69) is 13.8 Å². The maximum absolute atomic E-state index is 9.64. The first-order valence-electron chi connectivity index (χ1n) is 9.48. The van der Waals surface area contributed by atoms with Crippen molar-refractivity contribution in [2.24, 2.45) is 0 Å². The average molecular weight is 386 g/mol. The van der Waals surface area contributed by atoms with Gasteiger partial charge in [0.25, 0.3) is 0 Å². The van der Waals surface area contributed by atoms with E-state index >= 15 is 0 Å². The molecule has 2 aliphatic carbocycles. The van der Waals surface area contributed by atoms with Gasteiger partial charge in [-0.3, -0.25) is 0 Å². The van der Waals surface area contributed by atoms with Crippen molar-refractivity contribution in [2.75, 3.05) is 0 Å². The molecule has 0 amide bonds. The van der Waals surface area contributed by atoms with Gasteiger partial charge in [0.15, 0.2) is 0 Å². The van der Waals surface area contributed by atoms with E-state index in [0.29, 0.717) is 0 Å². The minimum Gasteiger partial charge on any atom is -0.393 e. The van der Waals surface area contributed by atoms with Gasteiger partial charge >= 0.3 is 17.1 Å². The third kappa shape index (κ3) is 11.7. The van der Waals surface area contributed by atoms with Crippen molar-refractivity contribution in [3.05, 3.63) is 63.2 Å². The van der Waals surface area contributed by atoms with Crippen LogP contribution in [0.2, 0.25) is 0 Å². The van der Waals surface area contributed by atoms with Crippen molar-refractivity contribution in [3.8, 4) is 0 Å². The Labute approximate surface area is 168 Å². The summed E-state index contributed by atoms with van der Waals surface area (Å²) < 4.78 is 0. The summed E-state index contributed by atoms with van der Waals surface area (Å²) in [6, 6.07) is 0. The molecule has 10 radical (unpaired) electrons. The van der Waals surface area contributed by atoms with E-state index in [9.17, 15) is 10.2 Å². The third-order valence-corrected chi connectivity index (χ3v) is 4.31. The predicted molar refractivity (Wildman–Crippen MR) is 101 cm³/mol. The van der Waals surface area contributed by atoms with Gasteiger partial charge in [0.05, 0.1) is 12.2 Å². The molecule has 0 aliphatic heterocycles. The zero-order chi connectivity index (χ0) is 17.6. The van der Waals surface area contributed by atoms with Crippen LogP contribution in [0.25, 0.3) is 0 Å². The number of hydrogen-bond donors (Lipinski definition) is 2. The van der Waals surface area contributed by atoms with E-state index in [1.54, 1.807) is 0 Å². The smallest absolute Gasteiger partial charge is 0.393 e. The van der Waals surface area contributed by atoms with Crippen LogP contribution < -0.4 is 0 Å². The second-order valence-corrected chi connectivity index (χ2v) is 6.46. The Bertz CT molecular complexity index is 245. The normalized spacial score (nSPS) is 20.6. The quantitative estimate of drug-likeness (QED) is 0.423. The monoisotopic (exact) mass is 386 g/mol. The van der Waals surface area contributed by atoms with Crippen molar-refractivity contribution in [3.63, 3.8) is 0 Å². The molecule has 0 saturated heterocycles. The number of aliphatic hydroxyl groups excluding tert-OH is 2. The Morgan fingerprint density at radius 3 is 1.24 bits per heavy atom. The summed E-state index contributed by atoms with van der Waals surface area (Å²) in [4.78, 5) is 0. The summed E-state index contributed by atoms with van der Waals surface area (Å²) in [6.45, 7) is 4.35. The summed E-state index contributed by atoms with van der Waals surface area (Å²) >= 11 is 0. The van der Waals surface area contributed by atoms with Crippen molar-refractivity contribution >= 4 is 0 Å². The van der Waals surface area contributed by atoms with Crippen LogP contribution >= 0.6 is 0 Å². The first-order chi connectivity index (χ1) is 11.7. The molecule has 2 N–H and O–H groups in total. The molecule has 2 fully saturated rings. The van der Waals surface area contributed by atoms with Crippen molar-refractivity contribution in [1.82, 2.24) is 0 Å². The van der Waals surface area contributed by atoms with Crippen LogP contribution in [-0.2, 0) is 17.1 Å². The van der Waals surface area contributed by atoms with E-state index < -0.39 is 0 Å². The zero-order valence-corrected chi connectivity index (χ0v) is 16.8. The van der Waals surface area contributed by atoms with Gasteiger partial charge in [-0.25, -0.2) is 0 Å². The first kappa shape index (κ1) is 25.4. The largest absolute Gasteiger partial charge is 2.00 e. The Balaban J connectivity index is 0.000000443. The van der Waals surface area contributed by atoms with Gasteiger partial charge in [-0.15, -0.1) is 0 Å². The molecule has 2 nitrogen and oxygen atoms in total. The van der Waals surface area contributed by atoms with E-state index in [1.807, 2.05) is 51.4 Å². The van der Waals surface area contributed by atoms with Gasteiger partial charge < -0.3 is 10.2 Å². The maximum atomic E-state index is 9.64. The van der Waals surface area contributed by atoms with E-state index in [1.165, 1.54) is 25.7 Å². The molecule has 3 heteroatoms. The van der Waals surface area contributed by atoms with Gasteiger partial charge in [0, 0.05) is 11.8 Å². The minimum atomic E-state index is -0.244. The van der Waals surface area contributed by atoms with Crippen LogP contribution in [-0.4, -0.2) is 22.4 Å². The van der Waals surface area contributed by atoms with E-state index in [-0.39, 0.29) is 29.3 Å². The second kappa shape index (κ2) is 16.6. The van der Waals surface area contributed by atoms with Crippen LogP contribution in [0.3, 0.4) is 0 Å². The molecular weight excluding hydrogens is 352 g/mol. The van der Waals surface area contributed by atoms with Crippen LogP contribution in [0.4, 0.5) is 0 Å². The zero-order valence-electron chi connectivity index (χ0n) is 15.7. The van der Waals surface area contributed by atoms with E-state index in [4.69, 9.17) is 0 Å². The number of hydrogen-bond acceptors (Lipinski definition) is 2. The predicted octanol–water partition coefficient (Wildman–Crippen LogP) is 4.66. The molecule has 2 saturated carbocycles. The van der Waals surface area contributed by atoms with Gasteiger partial charge in [0.1, 0.15) is 0 Å². The molecule has 140 valence electrons. The summed E-state index contributed by atoms with van der Waals surface area (Å²) in [5.74, 6) is 2.12. The van der Waals surface area contributed by atoms with Crippen LogP contribution in [0.15, 0.2) is 0 Å². The molecule has 0 unspecified atom stereocenters. The average Bonchev–Trinajstić information content (AvgIpc) is 3.29. The molecule has 0 aromatic heterocycles. The van der Waals surface area contributed by atoms with Gasteiger partial charge in [-0.2, -0.15) is 0 Å². The molecule has 0 heterocycles. The molecule has 0 aromatic carbocycles. The van der Waals surface area contributed by atoms with Crippen molar-refractivity contribution in [2.45, 2.75) is 77.4 Å². The van der Waals surface area contributed by atoms with Crippen molar-refractivity contribution < 1.29 is 27.3 Å².